The highest BCUT2D eigenvalue weighted by Gasteiger charge is 2.22. The predicted molar refractivity (Wildman–Crippen MR) is 80.4 cm³/mol. The molecule has 0 aliphatic rings. The number of benzene rings is 1. The van der Waals surface area contributed by atoms with Gasteiger partial charge in [-0.1, -0.05) is 16.8 Å². The second kappa shape index (κ2) is 7.07. The minimum absolute atomic E-state index is 0.0932. The summed E-state index contributed by atoms with van der Waals surface area (Å²) >= 11 is 5.74. The Kier molecular flexibility index (Phi) is 5.34. The molecule has 2 aromatic rings. The van der Waals surface area contributed by atoms with Gasteiger partial charge in [0.2, 0.25) is 15.9 Å². The minimum atomic E-state index is -3.71. The van der Waals surface area contributed by atoms with Crippen molar-refractivity contribution in [3.63, 3.8) is 0 Å². The maximum atomic E-state index is 12.4. The number of sulfonamides is 1. The fourth-order valence-electron chi connectivity index (χ4n) is 1.74. The first-order valence-corrected chi connectivity index (χ1v) is 8.36. The summed E-state index contributed by atoms with van der Waals surface area (Å²) in [6.07, 6.45) is -0.0451. The van der Waals surface area contributed by atoms with Crippen molar-refractivity contribution in [3.05, 3.63) is 41.0 Å². The lowest BCUT2D eigenvalue weighted by Crippen LogP contribution is -2.27. The summed E-state index contributed by atoms with van der Waals surface area (Å²) in [5, 5.41) is 12.7. The predicted octanol–water partition coefficient (Wildman–Crippen LogP) is 1.56. The third kappa shape index (κ3) is 4.50. The van der Waals surface area contributed by atoms with Crippen molar-refractivity contribution in [2.75, 3.05) is 7.05 Å². The molecular weight excluding hydrogens is 346 g/mol. The summed E-state index contributed by atoms with van der Waals surface area (Å²) in [5.41, 5.74) is 0. The van der Waals surface area contributed by atoms with E-state index in [9.17, 15) is 13.2 Å². The van der Waals surface area contributed by atoms with E-state index in [1.807, 2.05) is 0 Å². The van der Waals surface area contributed by atoms with E-state index in [1.54, 1.807) is 0 Å². The van der Waals surface area contributed by atoms with Gasteiger partial charge in [-0.05, 0) is 24.3 Å². The van der Waals surface area contributed by atoms with Gasteiger partial charge in [0.05, 0.1) is 17.9 Å². The molecule has 0 atom stereocenters. The SMILES string of the molecule is CN(Cc1noc(CCC(=O)O)n1)S(=O)(=O)c1ccc(Cl)cc1. The van der Waals surface area contributed by atoms with Crippen LogP contribution in [0.25, 0.3) is 0 Å². The summed E-state index contributed by atoms with van der Waals surface area (Å²) in [6, 6.07) is 5.78. The highest BCUT2D eigenvalue weighted by atomic mass is 35.5. The van der Waals surface area contributed by atoms with Gasteiger partial charge < -0.3 is 9.63 Å². The van der Waals surface area contributed by atoms with Crippen LogP contribution in [0.5, 0.6) is 0 Å². The Labute approximate surface area is 137 Å². The maximum absolute atomic E-state index is 12.4. The van der Waals surface area contributed by atoms with E-state index in [1.165, 1.54) is 31.3 Å². The first-order valence-electron chi connectivity index (χ1n) is 6.54. The normalized spacial score (nSPS) is 11.8. The van der Waals surface area contributed by atoms with Crippen molar-refractivity contribution in [2.45, 2.75) is 24.3 Å². The zero-order valence-corrected chi connectivity index (χ0v) is 13.7. The number of hydrogen-bond acceptors (Lipinski definition) is 6. The quantitative estimate of drug-likeness (QED) is 0.797. The molecule has 8 nitrogen and oxygen atoms in total. The topological polar surface area (TPSA) is 114 Å². The molecule has 1 N–H and O–H groups in total. The van der Waals surface area contributed by atoms with Crippen molar-refractivity contribution < 1.29 is 22.8 Å². The molecule has 10 heteroatoms. The molecule has 23 heavy (non-hydrogen) atoms. The second-order valence-corrected chi connectivity index (χ2v) is 7.19. The third-order valence-corrected chi connectivity index (χ3v) is 5.02. The van der Waals surface area contributed by atoms with E-state index >= 15 is 0 Å². The standard InChI is InChI=1S/C13H14ClN3O5S/c1-17(23(20,21)10-4-2-9(14)3-5-10)8-11-15-12(22-16-11)6-7-13(18)19/h2-5H,6-8H2,1H3,(H,18,19). The number of hydrogen-bond donors (Lipinski definition) is 1. The molecule has 0 saturated carbocycles. The maximum Gasteiger partial charge on any atom is 0.303 e. The van der Waals surface area contributed by atoms with Crippen LogP contribution in [-0.2, 0) is 27.8 Å². The zero-order chi connectivity index (χ0) is 17.0. The number of carbonyl (C=O) groups is 1. The van der Waals surface area contributed by atoms with Gasteiger partial charge in [-0.25, -0.2) is 8.42 Å². The molecule has 0 fully saturated rings. The van der Waals surface area contributed by atoms with Gasteiger partial charge >= 0.3 is 5.97 Å². The van der Waals surface area contributed by atoms with E-state index in [4.69, 9.17) is 21.2 Å². The van der Waals surface area contributed by atoms with Gasteiger partial charge in [0.1, 0.15) is 0 Å². The monoisotopic (exact) mass is 359 g/mol. The van der Waals surface area contributed by atoms with E-state index in [0.717, 1.165) is 4.31 Å². The van der Waals surface area contributed by atoms with E-state index in [-0.39, 0.29) is 36.0 Å². The number of carboxylic acids is 1. The van der Waals surface area contributed by atoms with Crippen molar-refractivity contribution in [2.24, 2.45) is 0 Å². The fourth-order valence-corrected chi connectivity index (χ4v) is 2.99. The van der Waals surface area contributed by atoms with Crippen LogP contribution in [0.2, 0.25) is 5.02 Å². The van der Waals surface area contributed by atoms with E-state index < -0.39 is 16.0 Å². The average molecular weight is 360 g/mol. The Morgan fingerprint density at radius 3 is 2.61 bits per heavy atom. The van der Waals surface area contributed by atoms with Gasteiger partial charge in [0.25, 0.3) is 0 Å². The molecule has 0 spiro atoms. The van der Waals surface area contributed by atoms with Gasteiger partial charge in [0.15, 0.2) is 5.82 Å². The van der Waals surface area contributed by atoms with Crippen LogP contribution >= 0.6 is 11.6 Å². The zero-order valence-electron chi connectivity index (χ0n) is 12.1. The molecular formula is C13H14ClN3O5S. The Hall–Kier alpha value is -1.97. The molecule has 124 valence electrons. The molecule has 0 aliphatic carbocycles. The number of aliphatic carboxylic acids is 1. The number of aromatic nitrogens is 2. The average Bonchev–Trinajstić information content (AvgIpc) is 2.93. The van der Waals surface area contributed by atoms with E-state index in [0.29, 0.717) is 5.02 Å². The Morgan fingerprint density at radius 2 is 2.00 bits per heavy atom. The van der Waals surface area contributed by atoms with Gasteiger partial charge in [-0.15, -0.1) is 0 Å². The van der Waals surface area contributed by atoms with Crippen LogP contribution in [-0.4, -0.2) is 41.0 Å². The van der Waals surface area contributed by atoms with Gasteiger partial charge in [0, 0.05) is 18.5 Å². The molecule has 0 aliphatic heterocycles. The largest absolute Gasteiger partial charge is 0.481 e. The lowest BCUT2D eigenvalue weighted by Gasteiger charge is -2.15. The van der Waals surface area contributed by atoms with Gasteiger partial charge in [-0.3, -0.25) is 4.79 Å². The Bertz CT molecular complexity index is 788. The molecule has 0 radical (unpaired) electrons. The Balaban J connectivity index is 2.07. The van der Waals surface area contributed by atoms with Crippen molar-refractivity contribution in [1.82, 2.24) is 14.4 Å². The molecule has 0 bridgehead atoms. The van der Waals surface area contributed by atoms with Crippen LogP contribution in [0, 0.1) is 0 Å². The number of halogens is 1. The van der Waals surface area contributed by atoms with Crippen LogP contribution in [0.15, 0.2) is 33.7 Å². The van der Waals surface area contributed by atoms with Crippen molar-refractivity contribution in [1.29, 1.82) is 0 Å². The molecule has 1 aromatic carbocycles. The van der Waals surface area contributed by atoms with Crippen LogP contribution in [0.3, 0.4) is 0 Å². The van der Waals surface area contributed by atoms with Crippen LogP contribution in [0.1, 0.15) is 18.1 Å². The molecule has 2 rings (SSSR count). The fraction of sp³-hybridized carbons (Fsp3) is 0.308. The number of carboxylic acid groups (broad SMARTS) is 1. The van der Waals surface area contributed by atoms with E-state index in [2.05, 4.69) is 10.1 Å². The second-order valence-electron chi connectivity index (χ2n) is 4.71. The Morgan fingerprint density at radius 1 is 1.35 bits per heavy atom. The van der Waals surface area contributed by atoms with Gasteiger partial charge in [-0.2, -0.15) is 9.29 Å². The molecule has 0 amide bonds. The molecule has 0 unspecified atom stereocenters. The minimum Gasteiger partial charge on any atom is -0.481 e. The van der Waals surface area contributed by atoms with Crippen molar-refractivity contribution in [3.8, 4) is 0 Å². The first-order chi connectivity index (χ1) is 10.8. The molecule has 1 aromatic heterocycles. The lowest BCUT2D eigenvalue weighted by molar-refractivity contribution is -0.137. The first kappa shape index (κ1) is 17.4. The number of nitrogens with zero attached hydrogens (tertiary/aromatic N) is 3. The summed E-state index contributed by atoms with van der Waals surface area (Å²) < 4.78 is 30.7. The summed E-state index contributed by atoms with van der Waals surface area (Å²) in [7, 11) is -2.33. The van der Waals surface area contributed by atoms with Crippen LogP contribution < -0.4 is 0 Å². The number of aryl methyl sites for hydroxylation is 1. The smallest absolute Gasteiger partial charge is 0.303 e. The summed E-state index contributed by atoms with van der Waals surface area (Å²) in [5.74, 6) is -0.669. The molecule has 0 saturated heterocycles. The highest BCUT2D eigenvalue weighted by molar-refractivity contribution is 7.89. The summed E-state index contributed by atoms with van der Waals surface area (Å²) in [4.78, 5) is 14.6. The summed E-state index contributed by atoms with van der Waals surface area (Å²) in [6.45, 7) is -0.0957. The third-order valence-electron chi connectivity index (χ3n) is 2.95. The molecule has 1 heterocycles. The number of rotatable bonds is 7. The highest BCUT2D eigenvalue weighted by Crippen LogP contribution is 2.18. The lowest BCUT2D eigenvalue weighted by atomic mass is 10.3. The van der Waals surface area contributed by atoms with Crippen molar-refractivity contribution >= 4 is 27.6 Å². The van der Waals surface area contributed by atoms with Crippen LogP contribution in [0.4, 0.5) is 0 Å².